The quantitative estimate of drug-likeness (QED) is 0.668. The van der Waals surface area contributed by atoms with Gasteiger partial charge in [0.25, 0.3) is 5.91 Å². The van der Waals surface area contributed by atoms with Gasteiger partial charge in [0.05, 0.1) is 7.11 Å². The van der Waals surface area contributed by atoms with Gasteiger partial charge in [0.15, 0.2) is 18.1 Å². The standard InChI is InChI=1S/C22H19ClN2O4/c1-28-18-8-14(16(23)10-19(18)29-11-20(24)26)15-9-21(27)25-17-7-6-12-4-2-3-5-13(12)22(15)17/h2-8,10,15H,9,11H2,1H3,(H2,24,26)(H,25,27). The summed E-state index contributed by atoms with van der Waals surface area (Å²) in [6.45, 7) is -0.286. The molecule has 0 radical (unpaired) electrons. The zero-order valence-electron chi connectivity index (χ0n) is 15.7. The molecule has 1 atom stereocenters. The number of hydrogen-bond acceptors (Lipinski definition) is 4. The molecule has 3 aromatic carbocycles. The Morgan fingerprint density at radius 2 is 2.00 bits per heavy atom. The van der Waals surface area contributed by atoms with Crippen LogP contribution >= 0.6 is 11.6 Å². The van der Waals surface area contributed by atoms with Crippen molar-refractivity contribution < 1.29 is 19.1 Å². The molecule has 0 fully saturated rings. The van der Waals surface area contributed by atoms with Crippen LogP contribution in [0.2, 0.25) is 5.02 Å². The van der Waals surface area contributed by atoms with E-state index in [2.05, 4.69) is 5.32 Å². The first-order valence-electron chi connectivity index (χ1n) is 9.08. The minimum Gasteiger partial charge on any atom is -0.493 e. The second-order valence-corrected chi connectivity index (χ2v) is 7.24. The van der Waals surface area contributed by atoms with Gasteiger partial charge in [-0.05, 0) is 34.0 Å². The van der Waals surface area contributed by atoms with Crippen LogP contribution in [0.1, 0.15) is 23.5 Å². The number of anilines is 1. The van der Waals surface area contributed by atoms with E-state index >= 15 is 0 Å². The summed E-state index contributed by atoms with van der Waals surface area (Å²) in [5, 5.41) is 5.51. The van der Waals surface area contributed by atoms with Gasteiger partial charge in [-0.25, -0.2) is 0 Å². The lowest BCUT2D eigenvalue weighted by Gasteiger charge is -2.28. The molecule has 1 aliphatic rings. The van der Waals surface area contributed by atoms with E-state index in [9.17, 15) is 9.59 Å². The minimum atomic E-state index is -0.600. The topological polar surface area (TPSA) is 90.7 Å². The Morgan fingerprint density at radius 1 is 1.21 bits per heavy atom. The van der Waals surface area contributed by atoms with Crippen LogP contribution in [0, 0.1) is 0 Å². The van der Waals surface area contributed by atoms with Gasteiger partial charge in [0, 0.05) is 29.1 Å². The summed E-state index contributed by atoms with van der Waals surface area (Å²) < 4.78 is 10.8. The Kier molecular flexibility index (Phi) is 5.03. The molecule has 1 heterocycles. The first-order valence-corrected chi connectivity index (χ1v) is 9.45. The second-order valence-electron chi connectivity index (χ2n) is 6.83. The number of carbonyl (C=O) groups is 2. The molecule has 148 valence electrons. The SMILES string of the molecule is COc1cc(C2CC(=O)Nc3ccc4ccccc4c32)c(Cl)cc1OCC(N)=O. The van der Waals surface area contributed by atoms with Gasteiger partial charge in [-0.3, -0.25) is 9.59 Å². The van der Waals surface area contributed by atoms with Gasteiger partial charge in [-0.1, -0.05) is 41.9 Å². The third kappa shape index (κ3) is 3.59. The number of primary amides is 1. The van der Waals surface area contributed by atoms with Crippen LogP contribution < -0.4 is 20.5 Å². The highest BCUT2D eigenvalue weighted by Crippen LogP contribution is 2.46. The smallest absolute Gasteiger partial charge is 0.255 e. The predicted molar refractivity (Wildman–Crippen MR) is 112 cm³/mol. The van der Waals surface area contributed by atoms with Gasteiger partial charge in [0.2, 0.25) is 5.91 Å². The fraction of sp³-hybridized carbons (Fsp3) is 0.182. The van der Waals surface area contributed by atoms with Crippen LogP contribution in [-0.2, 0) is 9.59 Å². The first-order chi connectivity index (χ1) is 14.0. The summed E-state index contributed by atoms with van der Waals surface area (Å²) in [4.78, 5) is 23.4. The van der Waals surface area contributed by atoms with Crippen LogP contribution in [0.3, 0.4) is 0 Å². The van der Waals surface area contributed by atoms with Crippen LogP contribution in [0.4, 0.5) is 5.69 Å². The fourth-order valence-corrected chi connectivity index (χ4v) is 4.06. The van der Waals surface area contributed by atoms with Crippen LogP contribution in [0.15, 0.2) is 48.5 Å². The molecular weight excluding hydrogens is 392 g/mol. The third-order valence-corrected chi connectivity index (χ3v) is 5.34. The monoisotopic (exact) mass is 410 g/mol. The van der Waals surface area contributed by atoms with Gasteiger partial charge in [0.1, 0.15) is 0 Å². The molecule has 3 N–H and O–H groups in total. The number of carbonyl (C=O) groups excluding carboxylic acids is 2. The predicted octanol–water partition coefficient (Wildman–Crippen LogP) is 3.84. The molecule has 7 heteroatoms. The number of ether oxygens (including phenoxy) is 2. The maximum absolute atomic E-state index is 12.4. The molecule has 3 aromatic rings. The van der Waals surface area contributed by atoms with E-state index in [-0.39, 0.29) is 24.9 Å². The van der Waals surface area contributed by atoms with E-state index in [1.165, 1.54) is 7.11 Å². The Bertz CT molecular complexity index is 1130. The Labute approximate surface area is 172 Å². The lowest BCUT2D eigenvalue weighted by molar-refractivity contribution is -0.120. The van der Waals surface area contributed by atoms with Crippen molar-refractivity contribution in [3.63, 3.8) is 0 Å². The minimum absolute atomic E-state index is 0.0816. The van der Waals surface area contributed by atoms with E-state index in [0.717, 1.165) is 27.6 Å². The molecular formula is C22H19ClN2O4. The zero-order valence-corrected chi connectivity index (χ0v) is 16.5. The Balaban J connectivity index is 1.86. The van der Waals surface area contributed by atoms with E-state index < -0.39 is 5.91 Å². The number of methoxy groups -OCH3 is 1. The lowest BCUT2D eigenvalue weighted by atomic mass is 9.82. The average molecular weight is 411 g/mol. The normalized spacial score (nSPS) is 15.5. The van der Waals surface area contributed by atoms with Crippen molar-refractivity contribution in [1.29, 1.82) is 0 Å². The van der Waals surface area contributed by atoms with Gasteiger partial charge in [-0.2, -0.15) is 0 Å². The highest BCUT2D eigenvalue weighted by Gasteiger charge is 2.30. The number of rotatable bonds is 5. The van der Waals surface area contributed by atoms with Crippen molar-refractivity contribution in [2.75, 3.05) is 19.0 Å². The molecule has 0 saturated heterocycles. The van der Waals surface area contributed by atoms with E-state index in [0.29, 0.717) is 16.5 Å². The Hall–Kier alpha value is -3.25. The van der Waals surface area contributed by atoms with Crippen molar-refractivity contribution >= 4 is 39.9 Å². The van der Waals surface area contributed by atoms with Crippen molar-refractivity contribution in [1.82, 2.24) is 0 Å². The third-order valence-electron chi connectivity index (χ3n) is 5.01. The van der Waals surface area contributed by atoms with Crippen LogP contribution in [0.5, 0.6) is 11.5 Å². The molecule has 1 unspecified atom stereocenters. The number of halogens is 1. The molecule has 6 nitrogen and oxygen atoms in total. The number of fused-ring (bicyclic) bond motifs is 3. The number of nitrogens with two attached hydrogens (primary N) is 1. The van der Waals surface area contributed by atoms with Crippen molar-refractivity contribution in [2.45, 2.75) is 12.3 Å². The largest absolute Gasteiger partial charge is 0.493 e. The van der Waals surface area contributed by atoms with Crippen molar-refractivity contribution in [3.8, 4) is 11.5 Å². The molecule has 0 saturated carbocycles. The molecule has 0 aliphatic carbocycles. The molecule has 2 amide bonds. The lowest BCUT2D eigenvalue weighted by Crippen LogP contribution is -2.24. The summed E-state index contributed by atoms with van der Waals surface area (Å²) in [6, 6.07) is 15.3. The highest BCUT2D eigenvalue weighted by atomic mass is 35.5. The van der Waals surface area contributed by atoms with E-state index in [1.54, 1.807) is 12.1 Å². The van der Waals surface area contributed by atoms with Crippen LogP contribution in [-0.4, -0.2) is 25.5 Å². The maximum Gasteiger partial charge on any atom is 0.255 e. The fourth-order valence-electron chi connectivity index (χ4n) is 3.77. The van der Waals surface area contributed by atoms with Crippen molar-refractivity contribution in [2.24, 2.45) is 5.73 Å². The number of hydrogen-bond donors (Lipinski definition) is 2. The summed E-state index contributed by atoms with van der Waals surface area (Å²) in [5.74, 6) is -0.202. The molecule has 0 spiro atoms. The molecule has 1 aliphatic heterocycles. The first kappa shape index (κ1) is 19.1. The van der Waals surface area contributed by atoms with E-state index in [1.807, 2.05) is 36.4 Å². The summed E-state index contributed by atoms with van der Waals surface area (Å²) in [7, 11) is 1.50. The second kappa shape index (κ2) is 7.64. The molecule has 0 aromatic heterocycles. The highest BCUT2D eigenvalue weighted by molar-refractivity contribution is 6.31. The molecule has 0 bridgehead atoms. The van der Waals surface area contributed by atoms with Gasteiger partial charge >= 0.3 is 0 Å². The number of nitrogens with one attached hydrogen (secondary N) is 1. The number of benzene rings is 3. The average Bonchev–Trinajstić information content (AvgIpc) is 2.71. The summed E-state index contributed by atoms with van der Waals surface area (Å²) in [5.41, 5.74) is 7.69. The maximum atomic E-state index is 12.4. The molecule has 4 rings (SSSR count). The van der Waals surface area contributed by atoms with Crippen LogP contribution in [0.25, 0.3) is 10.8 Å². The van der Waals surface area contributed by atoms with Gasteiger partial charge in [-0.15, -0.1) is 0 Å². The molecule has 29 heavy (non-hydrogen) atoms. The number of amides is 2. The van der Waals surface area contributed by atoms with Crippen molar-refractivity contribution in [3.05, 3.63) is 64.7 Å². The van der Waals surface area contributed by atoms with Gasteiger partial charge < -0.3 is 20.5 Å². The summed E-state index contributed by atoms with van der Waals surface area (Å²) in [6.07, 6.45) is 0.255. The zero-order chi connectivity index (χ0) is 20.5. The Morgan fingerprint density at radius 3 is 2.76 bits per heavy atom. The summed E-state index contributed by atoms with van der Waals surface area (Å²) >= 11 is 6.59. The van der Waals surface area contributed by atoms with E-state index in [4.69, 9.17) is 26.8 Å².